The van der Waals surface area contributed by atoms with Crippen molar-refractivity contribution in [2.24, 2.45) is 0 Å². The molecule has 22 heavy (non-hydrogen) atoms. The minimum atomic E-state index is 0. The molecule has 3 N–H and O–H groups in total. The average Bonchev–Trinajstić information content (AvgIpc) is 2.10. The minimum Gasteiger partial charge on any atom is -0.312 e. The molecule has 3 nitrogen and oxygen atoms in total. The van der Waals surface area contributed by atoms with Crippen molar-refractivity contribution in [3.05, 3.63) is 0 Å². The monoisotopic (exact) mass is 355 g/mol. The Morgan fingerprint density at radius 3 is 0.409 bits per heavy atom. The third-order valence-electron chi connectivity index (χ3n) is 2.00. The van der Waals surface area contributed by atoms with Crippen LogP contribution >= 0.6 is 0 Å². The van der Waals surface area contributed by atoms with Crippen LogP contribution in [0.25, 0.3) is 0 Å². The van der Waals surface area contributed by atoms with Gasteiger partial charge in [0, 0.05) is 53.6 Å². The molecule has 0 atom stereocenters. The van der Waals surface area contributed by atoms with Crippen molar-refractivity contribution < 1.29 is 17.4 Å². The second kappa shape index (κ2) is 19.5. The molecule has 0 aromatic rings. The summed E-state index contributed by atoms with van der Waals surface area (Å²) in [5.41, 5.74) is 0. The zero-order valence-corrected chi connectivity index (χ0v) is 18.6. The maximum Gasteiger partial charge on any atom is 0.00127 e. The summed E-state index contributed by atoms with van der Waals surface area (Å²) in [5, 5.41) is 9.92. The minimum absolute atomic E-state index is 0. The largest absolute Gasteiger partial charge is 0.312 e. The Labute approximate surface area is 152 Å². The Balaban J connectivity index is -0.000000108. The predicted octanol–water partition coefficient (Wildman–Crippen LogP) is 4.18. The maximum absolute atomic E-state index is 3.31. The molecule has 0 bridgehead atoms. The van der Waals surface area contributed by atoms with Gasteiger partial charge in [-0.15, -0.1) is 0 Å². The molecule has 0 aromatic heterocycles. The van der Waals surface area contributed by atoms with E-state index in [2.05, 4.69) is 99.0 Å². The quantitative estimate of drug-likeness (QED) is 0.669. The molecule has 0 aliphatic carbocycles. The molecule has 0 aliphatic heterocycles. The third kappa shape index (κ3) is 49.9. The standard InChI is InChI=1S/3C6H15N.Cr/c3*1-5(2)7-6(3)4;/h3*5-7H,1-4H3;. The van der Waals surface area contributed by atoms with Gasteiger partial charge in [0.05, 0.1) is 0 Å². The van der Waals surface area contributed by atoms with E-state index < -0.39 is 0 Å². The topological polar surface area (TPSA) is 36.1 Å². The fourth-order valence-electron chi connectivity index (χ4n) is 2.00. The first-order chi connectivity index (χ1) is 9.38. The van der Waals surface area contributed by atoms with E-state index in [1.807, 2.05) is 0 Å². The fourth-order valence-corrected chi connectivity index (χ4v) is 2.00. The summed E-state index contributed by atoms with van der Waals surface area (Å²) < 4.78 is 0. The Kier molecular flexibility index (Phi) is 26.8. The first-order valence-electron chi connectivity index (χ1n) is 8.66. The second-order valence-electron chi connectivity index (χ2n) is 7.43. The Morgan fingerprint density at radius 1 is 0.318 bits per heavy atom. The first kappa shape index (κ1) is 30.3. The summed E-state index contributed by atoms with van der Waals surface area (Å²) in [7, 11) is 0. The number of hydrogen-bond donors (Lipinski definition) is 3. The molecule has 4 heteroatoms. The van der Waals surface area contributed by atoms with Gasteiger partial charge in [0.2, 0.25) is 0 Å². The molecular formula is C18H45CrN3. The van der Waals surface area contributed by atoms with Gasteiger partial charge in [0.25, 0.3) is 0 Å². The summed E-state index contributed by atoms with van der Waals surface area (Å²) in [6.45, 7) is 25.8. The van der Waals surface area contributed by atoms with Crippen LogP contribution in [0.4, 0.5) is 0 Å². The molecule has 0 aliphatic rings. The van der Waals surface area contributed by atoms with E-state index in [4.69, 9.17) is 0 Å². The van der Waals surface area contributed by atoms with E-state index in [9.17, 15) is 0 Å². The van der Waals surface area contributed by atoms with Crippen LogP contribution in [0, 0.1) is 0 Å². The van der Waals surface area contributed by atoms with E-state index in [0.29, 0.717) is 36.3 Å². The van der Waals surface area contributed by atoms with Crippen LogP contribution < -0.4 is 16.0 Å². The van der Waals surface area contributed by atoms with Crippen LogP contribution in [-0.4, -0.2) is 36.3 Å². The van der Waals surface area contributed by atoms with Gasteiger partial charge in [0.1, 0.15) is 0 Å². The van der Waals surface area contributed by atoms with Gasteiger partial charge < -0.3 is 16.0 Å². The van der Waals surface area contributed by atoms with Crippen LogP contribution in [0.5, 0.6) is 0 Å². The van der Waals surface area contributed by atoms with Crippen molar-refractivity contribution in [3.8, 4) is 0 Å². The molecule has 0 fully saturated rings. The maximum atomic E-state index is 3.31. The Bertz CT molecular complexity index is 139. The van der Waals surface area contributed by atoms with Crippen molar-refractivity contribution in [1.29, 1.82) is 0 Å². The van der Waals surface area contributed by atoms with Gasteiger partial charge in [-0.3, -0.25) is 0 Å². The molecule has 0 radical (unpaired) electrons. The Hall–Kier alpha value is 0.412. The summed E-state index contributed by atoms with van der Waals surface area (Å²) in [6, 6.07) is 3.75. The van der Waals surface area contributed by atoms with Crippen LogP contribution in [0.2, 0.25) is 0 Å². The van der Waals surface area contributed by atoms with Crippen LogP contribution in [0.3, 0.4) is 0 Å². The molecule has 0 rings (SSSR count). The van der Waals surface area contributed by atoms with Crippen molar-refractivity contribution in [1.82, 2.24) is 16.0 Å². The van der Waals surface area contributed by atoms with E-state index in [1.54, 1.807) is 0 Å². The van der Waals surface area contributed by atoms with E-state index in [0.717, 1.165) is 0 Å². The number of rotatable bonds is 6. The van der Waals surface area contributed by atoms with Gasteiger partial charge in [0.15, 0.2) is 0 Å². The van der Waals surface area contributed by atoms with Gasteiger partial charge in [-0.05, 0) is 0 Å². The van der Waals surface area contributed by atoms with Gasteiger partial charge in [-0.2, -0.15) is 0 Å². The molecule has 0 unspecified atom stereocenters. The fraction of sp³-hybridized carbons (Fsp3) is 1.00. The van der Waals surface area contributed by atoms with E-state index in [1.165, 1.54) is 0 Å². The zero-order valence-electron chi connectivity index (χ0n) is 17.4. The summed E-state index contributed by atoms with van der Waals surface area (Å²) in [6.07, 6.45) is 0. The van der Waals surface area contributed by atoms with Crippen molar-refractivity contribution in [2.75, 3.05) is 0 Å². The molecule has 138 valence electrons. The van der Waals surface area contributed by atoms with E-state index in [-0.39, 0.29) is 17.4 Å². The van der Waals surface area contributed by atoms with Crippen LogP contribution in [0.1, 0.15) is 83.1 Å². The van der Waals surface area contributed by atoms with Crippen molar-refractivity contribution in [3.63, 3.8) is 0 Å². The molecule has 0 saturated carbocycles. The molecule has 0 saturated heterocycles. The molecule has 0 heterocycles. The molecule has 0 spiro atoms. The molecule has 0 aromatic carbocycles. The number of hydrogen-bond acceptors (Lipinski definition) is 3. The summed E-state index contributed by atoms with van der Waals surface area (Å²) in [5.74, 6) is 0. The SMILES string of the molecule is CC(C)NC(C)C.CC(C)NC(C)C.CC(C)NC(C)C.[Cr]. The van der Waals surface area contributed by atoms with Gasteiger partial charge >= 0.3 is 0 Å². The summed E-state index contributed by atoms with van der Waals surface area (Å²) >= 11 is 0. The molecular weight excluding hydrogens is 310 g/mol. The van der Waals surface area contributed by atoms with E-state index >= 15 is 0 Å². The van der Waals surface area contributed by atoms with Gasteiger partial charge in [-0.1, -0.05) is 83.1 Å². The average molecular weight is 356 g/mol. The number of nitrogens with one attached hydrogen (secondary N) is 3. The van der Waals surface area contributed by atoms with Crippen LogP contribution in [0.15, 0.2) is 0 Å². The van der Waals surface area contributed by atoms with Crippen molar-refractivity contribution >= 4 is 0 Å². The zero-order chi connectivity index (χ0) is 17.6. The smallest absolute Gasteiger partial charge is 0.00127 e. The Morgan fingerprint density at radius 2 is 0.409 bits per heavy atom. The first-order valence-corrected chi connectivity index (χ1v) is 8.66. The van der Waals surface area contributed by atoms with Crippen molar-refractivity contribution in [2.45, 2.75) is 119 Å². The van der Waals surface area contributed by atoms with Crippen LogP contribution in [-0.2, 0) is 17.4 Å². The molecule has 0 amide bonds. The second-order valence-corrected chi connectivity index (χ2v) is 7.43. The van der Waals surface area contributed by atoms with Gasteiger partial charge in [-0.25, -0.2) is 0 Å². The summed E-state index contributed by atoms with van der Waals surface area (Å²) in [4.78, 5) is 0. The normalized spacial score (nSPS) is 10.6. The predicted molar refractivity (Wildman–Crippen MR) is 100 cm³/mol. The third-order valence-corrected chi connectivity index (χ3v) is 2.00.